The molecule has 0 radical (unpaired) electrons. The standard InChI is InChI=1S/C15H22N2O3/c1-11-9-15(10-17(11)2,14(18)20-4)16-12-5-7-13(19-3)8-6-12/h5-8,11,16H,9-10H2,1-4H3. The van der Waals surface area contributed by atoms with Gasteiger partial charge in [0.05, 0.1) is 14.2 Å². The third-order valence-electron chi connectivity index (χ3n) is 3.97. The molecule has 0 aromatic heterocycles. The van der Waals surface area contributed by atoms with Gasteiger partial charge in [-0.3, -0.25) is 0 Å². The predicted molar refractivity (Wildman–Crippen MR) is 78.1 cm³/mol. The van der Waals surface area contributed by atoms with Gasteiger partial charge in [0.1, 0.15) is 11.3 Å². The van der Waals surface area contributed by atoms with E-state index in [1.807, 2.05) is 31.3 Å². The molecule has 0 spiro atoms. The number of benzene rings is 1. The molecular weight excluding hydrogens is 256 g/mol. The lowest BCUT2D eigenvalue weighted by molar-refractivity contribution is -0.145. The van der Waals surface area contributed by atoms with E-state index in [1.54, 1.807) is 7.11 Å². The average Bonchev–Trinajstić information content (AvgIpc) is 2.74. The zero-order valence-corrected chi connectivity index (χ0v) is 12.5. The third-order valence-corrected chi connectivity index (χ3v) is 3.97. The van der Waals surface area contributed by atoms with Crippen molar-refractivity contribution in [2.45, 2.75) is 24.9 Å². The highest BCUT2D eigenvalue weighted by molar-refractivity contribution is 5.85. The fraction of sp³-hybridized carbons (Fsp3) is 0.533. The molecule has 0 saturated carbocycles. The topological polar surface area (TPSA) is 50.8 Å². The van der Waals surface area contributed by atoms with E-state index in [-0.39, 0.29) is 5.97 Å². The maximum atomic E-state index is 12.2. The van der Waals surface area contributed by atoms with E-state index in [9.17, 15) is 4.79 Å². The SMILES string of the molecule is COC(=O)C1(Nc2ccc(OC)cc2)CC(C)N(C)C1. The van der Waals surface area contributed by atoms with Gasteiger partial charge in [-0.05, 0) is 44.7 Å². The Morgan fingerprint density at radius 2 is 2.00 bits per heavy atom. The lowest BCUT2D eigenvalue weighted by Crippen LogP contribution is -2.49. The van der Waals surface area contributed by atoms with Gasteiger partial charge in [-0.25, -0.2) is 4.79 Å². The van der Waals surface area contributed by atoms with E-state index in [0.29, 0.717) is 12.6 Å². The van der Waals surface area contributed by atoms with E-state index in [2.05, 4.69) is 17.1 Å². The number of esters is 1. The first-order chi connectivity index (χ1) is 9.50. The number of likely N-dealkylation sites (N-methyl/N-ethyl adjacent to an activating group) is 1. The first-order valence-electron chi connectivity index (χ1n) is 6.71. The van der Waals surface area contributed by atoms with E-state index in [1.165, 1.54) is 7.11 Å². The summed E-state index contributed by atoms with van der Waals surface area (Å²) >= 11 is 0. The Bertz CT molecular complexity index is 463. The molecule has 1 N–H and O–H groups in total. The quantitative estimate of drug-likeness (QED) is 0.850. The number of likely N-dealkylation sites (tertiary alicyclic amines) is 1. The second kappa shape index (κ2) is 5.71. The molecule has 2 unspecified atom stereocenters. The summed E-state index contributed by atoms with van der Waals surface area (Å²) in [6.45, 7) is 2.74. The minimum absolute atomic E-state index is 0.218. The van der Waals surface area contributed by atoms with Crippen molar-refractivity contribution in [3.8, 4) is 5.75 Å². The number of hydrogen-bond acceptors (Lipinski definition) is 5. The second-order valence-electron chi connectivity index (χ2n) is 5.40. The van der Waals surface area contributed by atoms with Gasteiger partial charge in [-0.15, -0.1) is 0 Å². The van der Waals surface area contributed by atoms with Crippen LogP contribution in [0.25, 0.3) is 0 Å². The molecule has 2 rings (SSSR count). The number of nitrogens with zero attached hydrogens (tertiary/aromatic N) is 1. The van der Waals surface area contributed by atoms with Crippen LogP contribution in [0.4, 0.5) is 5.69 Å². The number of ether oxygens (including phenoxy) is 2. The summed E-state index contributed by atoms with van der Waals surface area (Å²) in [5.41, 5.74) is 0.205. The summed E-state index contributed by atoms with van der Waals surface area (Å²) in [5, 5.41) is 3.35. The Morgan fingerprint density at radius 1 is 1.35 bits per heavy atom. The van der Waals surface area contributed by atoms with E-state index < -0.39 is 5.54 Å². The maximum Gasteiger partial charge on any atom is 0.332 e. The van der Waals surface area contributed by atoms with Crippen LogP contribution in [-0.2, 0) is 9.53 Å². The Kier molecular flexibility index (Phi) is 4.18. The number of carbonyl (C=O) groups excluding carboxylic acids is 1. The zero-order valence-electron chi connectivity index (χ0n) is 12.5. The Labute approximate surface area is 119 Å². The summed E-state index contributed by atoms with van der Waals surface area (Å²) in [6.07, 6.45) is 0.724. The predicted octanol–water partition coefficient (Wildman–Crippen LogP) is 1.74. The molecule has 1 aromatic rings. The van der Waals surface area contributed by atoms with Crippen LogP contribution >= 0.6 is 0 Å². The lowest BCUT2D eigenvalue weighted by atomic mass is 9.95. The van der Waals surface area contributed by atoms with Crippen molar-refractivity contribution < 1.29 is 14.3 Å². The highest BCUT2D eigenvalue weighted by Crippen LogP contribution is 2.31. The second-order valence-corrected chi connectivity index (χ2v) is 5.40. The number of hydrogen-bond donors (Lipinski definition) is 1. The highest BCUT2D eigenvalue weighted by atomic mass is 16.5. The monoisotopic (exact) mass is 278 g/mol. The van der Waals surface area contributed by atoms with Crippen molar-refractivity contribution in [2.24, 2.45) is 0 Å². The normalized spacial score (nSPS) is 26.3. The summed E-state index contributed by atoms with van der Waals surface area (Å²) in [4.78, 5) is 14.4. The molecule has 5 nitrogen and oxygen atoms in total. The molecule has 1 aromatic carbocycles. The lowest BCUT2D eigenvalue weighted by Gasteiger charge is -2.28. The number of anilines is 1. The summed E-state index contributed by atoms with van der Waals surface area (Å²) in [7, 11) is 5.08. The molecule has 2 atom stereocenters. The number of rotatable bonds is 4. The average molecular weight is 278 g/mol. The van der Waals surface area contributed by atoms with Crippen LogP contribution in [-0.4, -0.2) is 50.3 Å². The van der Waals surface area contributed by atoms with Gasteiger partial charge in [-0.1, -0.05) is 0 Å². The van der Waals surface area contributed by atoms with Crippen LogP contribution in [0.15, 0.2) is 24.3 Å². The van der Waals surface area contributed by atoms with Gasteiger partial charge in [0.25, 0.3) is 0 Å². The van der Waals surface area contributed by atoms with Crippen molar-refractivity contribution in [2.75, 3.05) is 33.1 Å². The summed E-state index contributed by atoms with van der Waals surface area (Å²) < 4.78 is 10.1. The van der Waals surface area contributed by atoms with Crippen molar-refractivity contribution in [1.82, 2.24) is 4.90 Å². The van der Waals surface area contributed by atoms with Crippen molar-refractivity contribution >= 4 is 11.7 Å². The van der Waals surface area contributed by atoms with Crippen LogP contribution in [0, 0.1) is 0 Å². The molecule has 1 saturated heterocycles. The Balaban J connectivity index is 2.22. The fourth-order valence-electron chi connectivity index (χ4n) is 2.74. The van der Waals surface area contributed by atoms with Gasteiger partial charge < -0.3 is 19.7 Å². The molecule has 110 valence electrons. The van der Waals surface area contributed by atoms with Gasteiger partial charge in [0.15, 0.2) is 0 Å². The summed E-state index contributed by atoms with van der Waals surface area (Å²) in [5.74, 6) is 0.573. The Morgan fingerprint density at radius 3 is 2.45 bits per heavy atom. The van der Waals surface area contributed by atoms with Crippen LogP contribution in [0.2, 0.25) is 0 Å². The molecule has 20 heavy (non-hydrogen) atoms. The van der Waals surface area contributed by atoms with Gasteiger partial charge in [-0.2, -0.15) is 0 Å². The molecule has 1 fully saturated rings. The number of carbonyl (C=O) groups is 1. The van der Waals surface area contributed by atoms with Gasteiger partial charge in [0.2, 0.25) is 0 Å². The number of methoxy groups -OCH3 is 2. The largest absolute Gasteiger partial charge is 0.497 e. The van der Waals surface area contributed by atoms with Gasteiger partial charge >= 0.3 is 5.97 Å². The zero-order chi connectivity index (χ0) is 14.8. The minimum atomic E-state index is -0.683. The van der Waals surface area contributed by atoms with Gasteiger partial charge in [0, 0.05) is 18.3 Å². The molecule has 5 heteroatoms. The van der Waals surface area contributed by atoms with Crippen molar-refractivity contribution in [3.63, 3.8) is 0 Å². The Hall–Kier alpha value is -1.75. The van der Waals surface area contributed by atoms with E-state index >= 15 is 0 Å². The fourth-order valence-corrected chi connectivity index (χ4v) is 2.74. The maximum absolute atomic E-state index is 12.2. The van der Waals surface area contributed by atoms with Crippen LogP contribution in [0.1, 0.15) is 13.3 Å². The third kappa shape index (κ3) is 2.72. The first-order valence-corrected chi connectivity index (χ1v) is 6.71. The van der Waals surface area contributed by atoms with Crippen LogP contribution in [0.5, 0.6) is 5.75 Å². The smallest absolute Gasteiger partial charge is 0.332 e. The summed E-state index contributed by atoms with van der Waals surface area (Å²) in [6, 6.07) is 7.89. The molecule has 0 aliphatic carbocycles. The molecule has 0 amide bonds. The van der Waals surface area contributed by atoms with Crippen LogP contribution < -0.4 is 10.1 Å². The van der Waals surface area contributed by atoms with Crippen LogP contribution in [0.3, 0.4) is 0 Å². The molecule has 1 heterocycles. The molecule has 1 aliphatic rings. The molecular formula is C15H22N2O3. The molecule has 0 bridgehead atoms. The molecule has 1 aliphatic heterocycles. The van der Waals surface area contributed by atoms with Crippen molar-refractivity contribution in [1.29, 1.82) is 0 Å². The minimum Gasteiger partial charge on any atom is -0.497 e. The first kappa shape index (κ1) is 14.7. The number of nitrogens with one attached hydrogen (secondary N) is 1. The van der Waals surface area contributed by atoms with E-state index in [4.69, 9.17) is 9.47 Å². The van der Waals surface area contributed by atoms with E-state index in [0.717, 1.165) is 17.9 Å². The highest BCUT2D eigenvalue weighted by Gasteiger charge is 2.47. The van der Waals surface area contributed by atoms with Crippen molar-refractivity contribution in [3.05, 3.63) is 24.3 Å².